The number of hydrogen-bond acceptors (Lipinski definition) is 7. The number of benzene rings is 2. The second kappa shape index (κ2) is 8.18. The van der Waals surface area contributed by atoms with Gasteiger partial charge in [0.15, 0.2) is 14.6 Å². The summed E-state index contributed by atoms with van der Waals surface area (Å²) in [4.78, 5) is 11.9. The Morgan fingerprint density at radius 3 is 2.69 bits per heavy atom. The van der Waals surface area contributed by atoms with Crippen LogP contribution in [0.5, 0.6) is 5.75 Å². The van der Waals surface area contributed by atoms with Gasteiger partial charge in [-0.15, -0.1) is 5.10 Å². The number of ether oxygens (including phenoxy) is 1. The minimum absolute atomic E-state index is 0.0782. The Morgan fingerprint density at radius 2 is 1.97 bits per heavy atom. The summed E-state index contributed by atoms with van der Waals surface area (Å²) < 4.78 is 29.5. The molecule has 2 N–H and O–H groups in total. The van der Waals surface area contributed by atoms with Gasteiger partial charge >= 0.3 is 0 Å². The molecule has 0 aliphatic heterocycles. The number of hydroxylamine groups is 1. The monoisotopic (exact) mass is 418 g/mol. The van der Waals surface area contributed by atoms with E-state index in [1.807, 2.05) is 42.5 Å². The standard InChI is InChI=1S/C19H22N4O5S/c1-19(18(24)21-25,29(2,26)27)10-11-23-12-15(20-22-23)13-28-17-9-5-7-14-6-3-4-8-16(14)17/h3-9,12,25H,10-11,13H2,1-2H3,(H,21,24). The van der Waals surface area contributed by atoms with E-state index in [2.05, 4.69) is 10.3 Å². The molecule has 0 aliphatic carbocycles. The number of carbonyl (C=O) groups excluding carboxylic acids is 1. The zero-order chi connectivity index (χ0) is 21.1. The first-order valence-corrected chi connectivity index (χ1v) is 10.8. The van der Waals surface area contributed by atoms with Gasteiger partial charge in [-0.3, -0.25) is 14.7 Å². The van der Waals surface area contributed by atoms with E-state index >= 15 is 0 Å². The van der Waals surface area contributed by atoms with Crippen LogP contribution in [0.15, 0.2) is 48.7 Å². The lowest BCUT2D eigenvalue weighted by Crippen LogP contribution is -2.49. The van der Waals surface area contributed by atoms with Gasteiger partial charge < -0.3 is 4.74 Å². The quantitative estimate of drug-likeness (QED) is 0.422. The van der Waals surface area contributed by atoms with E-state index < -0.39 is 20.5 Å². The van der Waals surface area contributed by atoms with Crippen LogP contribution in [-0.2, 0) is 27.8 Å². The molecule has 0 fully saturated rings. The Balaban J connectivity index is 1.67. The van der Waals surface area contributed by atoms with Gasteiger partial charge in [-0.05, 0) is 24.8 Å². The van der Waals surface area contributed by atoms with Gasteiger partial charge in [-0.1, -0.05) is 41.6 Å². The van der Waals surface area contributed by atoms with Gasteiger partial charge in [0.25, 0.3) is 5.91 Å². The number of rotatable bonds is 8. The lowest BCUT2D eigenvalue weighted by Gasteiger charge is -2.24. The minimum atomic E-state index is -3.76. The van der Waals surface area contributed by atoms with Crippen LogP contribution in [0.1, 0.15) is 19.0 Å². The molecule has 0 saturated heterocycles. The molecular weight excluding hydrogens is 396 g/mol. The number of hydrogen-bond donors (Lipinski definition) is 2. The van der Waals surface area contributed by atoms with E-state index in [0.717, 1.165) is 22.8 Å². The van der Waals surface area contributed by atoms with Gasteiger partial charge in [-0.2, -0.15) is 0 Å². The predicted molar refractivity (Wildman–Crippen MR) is 106 cm³/mol. The molecule has 0 spiro atoms. The molecule has 10 heteroatoms. The maximum absolute atomic E-state index is 12.0. The van der Waals surface area contributed by atoms with Crippen molar-refractivity contribution in [1.29, 1.82) is 0 Å². The average molecular weight is 418 g/mol. The smallest absolute Gasteiger partial charge is 0.264 e. The summed E-state index contributed by atoms with van der Waals surface area (Å²) in [6.45, 7) is 1.57. The van der Waals surface area contributed by atoms with E-state index in [1.54, 1.807) is 6.20 Å². The first-order valence-electron chi connectivity index (χ1n) is 8.88. The second-order valence-electron chi connectivity index (χ2n) is 6.93. The Labute approximate surface area is 168 Å². The zero-order valence-electron chi connectivity index (χ0n) is 16.1. The highest BCUT2D eigenvalue weighted by Crippen LogP contribution is 2.26. The molecule has 0 bridgehead atoms. The SMILES string of the molecule is CC(CCn1cc(COc2cccc3ccccc23)nn1)(C(=O)NO)S(C)(=O)=O. The summed E-state index contributed by atoms with van der Waals surface area (Å²) in [6.07, 6.45) is 2.50. The summed E-state index contributed by atoms with van der Waals surface area (Å²) in [5.74, 6) is -0.262. The zero-order valence-corrected chi connectivity index (χ0v) is 16.9. The molecule has 0 radical (unpaired) electrons. The van der Waals surface area contributed by atoms with Crippen molar-refractivity contribution < 1.29 is 23.2 Å². The number of amides is 1. The molecule has 0 saturated carbocycles. The third-order valence-electron chi connectivity index (χ3n) is 4.93. The van der Waals surface area contributed by atoms with Crippen LogP contribution >= 0.6 is 0 Å². The average Bonchev–Trinajstić information content (AvgIpc) is 3.16. The fourth-order valence-electron chi connectivity index (χ4n) is 2.90. The van der Waals surface area contributed by atoms with E-state index in [4.69, 9.17) is 9.94 Å². The largest absolute Gasteiger partial charge is 0.487 e. The normalized spacial score (nSPS) is 13.8. The first kappa shape index (κ1) is 20.7. The predicted octanol–water partition coefficient (Wildman–Crippen LogP) is 1.71. The molecule has 1 aromatic heterocycles. The summed E-state index contributed by atoms with van der Waals surface area (Å²) in [6, 6.07) is 13.6. The second-order valence-corrected chi connectivity index (χ2v) is 9.38. The molecule has 1 unspecified atom stereocenters. The number of fused-ring (bicyclic) bond motifs is 1. The van der Waals surface area contributed by atoms with Crippen molar-refractivity contribution in [2.24, 2.45) is 0 Å². The van der Waals surface area contributed by atoms with Crippen LogP contribution in [0.2, 0.25) is 0 Å². The summed E-state index contributed by atoms with van der Waals surface area (Å²) >= 11 is 0. The van der Waals surface area contributed by atoms with E-state index in [1.165, 1.54) is 17.1 Å². The topological polar surface area (TPSA) is 123 Å². The maximum atomic E-state index is 12.0. The van der Waals surface area contributed by atoms with E-state index in [9.17, 15) is 13.2 Å². The molecule has 29 heavy (non-hydrogen) atoms. The Hall–Kier alpha value is -2.98. The van der Waals surface area contributed by atoms with E-state index in [-0.39, 0.29) is 19.6 Å². The highest BCUT2D eigenvalue weighted by atomic mass is 32.2. The molecule has 0 aliphatic rings. The Kier molecular flexibility index (Phi) is 5.85. The maximum Gasteiger partial charge on any atom is 0.264 e. The van der Waals surface area contributed by atoms with Crippen LogP contribution in [0, 0.1) is 0 Å². The molecule has 1 amide bonds. The lowest BCUT2D eigenvalue weighted by atomic mass is 10.1. The van der Waals surface area contributed by atoms with Crippen molar-refractivity contribution in [2.45, 2.75) is 31.2 Å². The van der Waals surface area contributed by atoms with Gasteiger partial charge in [0.2, 0.25) is 0 Å². The van der Waals surface area contributed by atoms with Crippen LogP contribution in [0.3, 0.4) is 0 Å². The number of nitrogens with one attached hydrogen (secondary N) is 1. The van der Waals surface area contributed by atoms with Crippen molar-refractivity contribution in [1.82, 2.24) is 20.5 Å². The van der Waals surface area contributed by atoms with Crippen LogP contribution in [-0.4, -0.2) is 45.5 Å². The number of nitrogens with zero attached hydrogens (tertiary/aromatic N) is 3. The van der Waals surface area contributed by atoms with E-state index in [0.29, 0.717) is 5.69 Å². The molecule has 1 atom stereocenters. The van der Waals surface area contributed by atoms with Crippen LogP contribution in [0.4, 0.5) is 0 Å². The van der Waals surface area contributed by atoms with Crippen molar-refractivity contribution >= 4 is 26.5 Å². The van der Waals surface area contributed by atoms with Crippen LogP contribution in [0.25, 0.3) is 10.8 Å². The van der Waals surface area contributed by atoms with Crippen LogP contribution < -0.4 is 10.2 Å². The molecular formula is C19H22N4O5S. The number of carbonyl (C=O) groups is 1. The van der Waals surface area contributed by atoms with Crippen molar-refractivity contribution in [3.8, 4) is 5.75 Å². The fourth-order valence-corrected chi connectivity index (χ4v) is 3.75. The number of aryl methyl sites for hydroxylation is 1. The number of sulfone groups is 1. The Morgan fingerprint density at radius 1 is 1.24 bits per heavy atom. The molecule has 3 aromatic rings. The fraction of sp³-hybridized carbons (Fsp3) is 0.316. The van der Waals surface area contributed by atoms with Gasteiger partial charge in [0.05, 0.1) is 6.20 Å². The first-order chi connectivity index (χ1) is 13.7. The van der Waals surface area contributed by atoms with Crippen molar-refractivity contribution in [3.05, 3.63) is 54.4 Å². The molecule has 1 heterocycles. The van der Waals surface area contributed by atoms with Gasteiger partial charge in [0, 0.05) is 18.2 Å². The van der Waals surface area contributed by atoms with Crippen molar-refractivity contribution in [3.63, 3.8) is 0 Å². The Bertz CT molecular complexity index is 1120. The summed E-state index contributed by atoms with van der Waals surface area (Å²) in [5.41, 5.74) is 1.98. The molecule has 3 rings (SSSR count). The third-order valence-corrected chi connectivity index (χ3v) is 6.96. The highest BCUT2D eigenvalue weighted by molar-refractivity contribution is 7.92. The number of aromatic nitrogens is 3. The highest BCUT2D eigenvalue weighted by Gasteiger charge is 2.43. The van der Waals surface area contributed by atoms with Crippen molar-refractivity contribution in [2.75, 3.05) is 6.26 Å². The lowest BCUT2D eigenvalue weighted by molar-refractivity contribution is -0.131. The molecule has 2 aromatic carbocycles. The third kappa shape index (κ3) is 4.38. The summed E-state index contributed by atoms with van der Waals surface area (Å²) in [7, 11) is -3.76. The van der Waals surface area contributed by atoms with Gasteiger partial charge in [0.1, 0.15) is 18.1 Å². The van der Waals surface area contributed by atoms with Gasteiger partial charge in [-0.25, -0.2) is 13.9 Å². The summed E-state index contributed by atoms with van der Waals surface area (Å²) in [5, 5.41) is 18.9. The molecule has 154 valence electrons. The molecule has 9 nitrogen and oxygen atoms in total. The minimum Gasteiger partial charge on any atom is -0.487 e.